The molecule has 0 saturated heterocycles. The highest BCUT2D eigenvalue weighted by molar-refractivity contribution is 6.30. The molecule has 1 aromatic carbocycles. The smallest absolute Gasteiger partial charge is 0.330 e. The minimum absolute atomic E-state index is 0.0201. The maximum Gasteiger partial charge on any atom is 0.330 e. The van der Waals surface area contributed by atoms with E-state index in [9.17, 15) is 14.0 Å². The van der Waals surface area contributed by atoms with Crippen molar-refractivity contribution in [3.63, 3.8) is 0 Å². The number of ether oxygens (including phenoxy) is 2. The molecule has 0 N–H and O–H groups in total. The molecule has 1 aliphatic rings. The average Bonchev–Trinajstić information content (AvgIpc) is 2.52. The van der Waals surface area contributed by atoms with E-state index in [0.29, 0.717) is 25.7 Å². The monoisotopic (exact) mass is 340 g/mol. The number of allylic oxidation sites excluding steroid dienone is 1. The summed E-state index contributed by atoms with van der Waals surface area (Å²) < 4.78 is 23.8. The van der Waals surface area contributed by atoms with Crippen LogP contribution in [0.15, 0.2) is 30.4 Å². The van der Waals surface area contributed by atoms with Gasteiger partial charge in [0, 0.05) is 12.1 Å². The van der Waals surface area contributed by atoms with Crippen LogP contribution in [0, 0.1) is 11.7 Å². The maximum atomic E-state index is 13.3. The van der Waals surface area contributed by atoms with Crippen molar-refractivity contribution in [1.29, 1.82) is 0 Å². The highest BCUT2D eigenvalue weighted by Crippen LogP contribution is 2.28. The first kappa shape index (κ1) is 17.5. The van der Waals surface area contributed by atoms with Crippen molar-refractivity contribution in [3.05, 3.63) is 41.2 Å². The van der Waals surface area contributed by atoms with Gasteiger partial charge in [-0.05, 0) is 44.7 Å². The zero-order valence-electron chi connectivity index (χ0n) is 12.8. The molecule has 0 aliphatic heterocycles. The molecule has 0 atom stereocenters. The molecule has 0 bridgehead atoms. The standard InChI is InChI=1S/C17H18ClFO4/c1-2-3-16(20)22-12-6-4-11(5-7-12)17(21)23-13-8-9-14(18)15(19)10-13/h2-3,8-12H,4-7H2,1H3. The van der Waals surface area contributed by atoms with Gasteiger partial charge in [0.2, 0.25) is 0 Å². The number of hydrogen-bond acceptors (Lipinski definition) is 4. The fraction of sp³-hybridized carbons (Fsp3) is 0.412. The van der Waals surface area contributed by atoms with E-state index in [1.807, 2.05) is 0 Å². The highest BCUT2D eigenvalue weighted by atomic mass is 35.5. The molecule has 1 fully saturated rings. The zero-order chi connectivity index (χ0) is 16.8. The quantitative estimate of drug-likeness (QED) is 0.471. The summed E-state index contributed by atoms with van der Waals surface area (Å²) in [6, 6.07) is 3.88. The first-order valence-corrected chi connectivity index (χ1v) is 7.87. The van der Waals surface area contributed by atoms with E-state index in [4.69, 9.17) is 21.1 Å². The first-order chi connectivity index (χ1) is 11.0. The van der Waals surface area contributed by atoms with Crippen molar-refractivity contribution < 1.29 is 23.5 Å². The summed E-state index contributed by atoms with van der Waals surface area (Å²) in [6.45, 7) is 1.74. The Bertz CT molecular complexity index is 607. The summed E-state index contributed by atoms with van der Waals surface area (Å²) in [4.78, 5) is 23.5. The van der Waals surface area contributed by atoms with E-state index in [2.05, 4.69) is 0 Å². The fourth-order valence-corrected chi connectivity index (χ4v) is 2.61. The van der Waals surface area contributed by atoms with Gasteiger partial charge in [-0.15, -0.1) is 0 Å². The fourth-order valence-electron chi connectivity index (χ4n) is 2.50. The van der Waals surface area contributed by atoms with Crippen molar-refractivity contribution in [2.24, 2.45) is 5.92 Å². The van der Waals surface area contributed by atoms with Crippen molar-refractivity contribution in [3.8, 4) is 5.75 Å². The molecule has 124 valence electrons. The van der Waals surface area contributed by atoms with Crippen LogP contribution in [-0.2, 0) is 14.3 Å². The van der Waals surface area contributed by atoms with Gasteiger partial charge in [0.25, 0.3) is 0 Å². The van der Waals surface area contributed by atoms with Crippen LogP contribution in [-0.4, -0.2) is 18.0 Å². The molecular weight excluding hydrogens is 323 g/mol. The summed E-state index contributed by atoms with van der Waals surface area (Å²) in [5.41, 5.74) is 0. The topological polar surface area (TPSA) is 52.6 Å². The van der Waals surface area contributed by atoms with E-state index in [1.54, 1.807) is 13.0 Å². The van der Waals surface area contributed by atoms with Crippen LogP contribution in [0.3, 0.4) is 0 Å². The van der Waals surface area contributed by atoms with Gasteiger partial charge in [0.05, 0.1) is 10.9 Å². The van der Waals surface area contributed by atoms with Crippen molar-refractivity contribution in [1.82, 2.24) is 0 Å². The molecule has 6 heteroatoms. The number of esters is 2. The molecule has 4 nitrogen and oxygen atoms in total. The second kappa shape index (κ2) is 8.11. The Morgan fingerprint density at radius 1 is 1.26 bits per heavy atom. The second-order valence-corrected chi connectivity index (χ2v) is 5.81. The number of halogens is 2. The maximum absolute atomic E-state index is 13.3. The summed E-state index contributed by atoms with van der Waals surface area (Å²) in [5, 5.41) is -0.0201. The number of carbonyl (C=O) groups is 2. The van der Waals surface area contributed by atoms with Crippen molar-refractivity contribution in [2.45, 2.75) is 38.7 Å². The Hall–Kier alpha value is -1.88. The predicted octanol–water partition coefficient (Wildman–Crippen LogP) is 4.06. The molecule has 2 rings (SSSR count). The molecule has 1 aromatic rings. The predicted molar refractivity (Wildman–Crippen MR) is 83.7 cm³/mol. The van der Waals surface area contributed by atoms with Crippen molar-refractivity contribution >= 4 is 23.5 Å². The number of carbonyl (C=O) groups excluding carboxylic acids is 2. The Labute approximate surface area is 139 Å². The van der Waals surface area contributed by atoms with Gasteiger partial charge in [-0.2, -0.15) is 0 Å². The van der Waals surface area contributed by atoms with Gasteiger partial charge in [0.15, 0.2) is 0 Å². The van der Waals surface area contributed by atoms with Gasteiger partial charge in [0.1, 0.15) is 17.7 Å². The molecule has 0 radical (unpaired) electrons. The van der Waals surface area contributed by atoms with Crippen LogP contribution in [0.25, 0.3) is 0 Å². The number of hydrogen-bond donors (Lipinski definition) is 0. The van der Waals surface area contributed by atoms with Crippen LogP contribution in [0.1, 0.15) is 32.6 Å². The van der Waals surface area contributed by atoms with Crippen LogP contribution in [0.4, 0.5) is 4.39 Å². The molecule has 0 unspecified atom stereocenters. The molecular formula is C17H18ClFO4. The SMILES string of the molecule is CC=CC(=O)OC1CCC(C(=O)Oc2ccc(Cl)c(F)c2)CC1. The van der Waals surface area contributed by atoms with Gasteiger partial charge >= 0.3 is 11.9 Å². The summed E-state index contributed by atoms with van der Waals surface area (Å²) in [5.74, 6) is -1.53. The van der Waals surface area contributed by atoms with E-state index < -0.39 is 11.8 Å². The molecule has 1 aliphatic carbocycles. The summed E-state index contributed by atoms with van der Waals surface area (Å²) >= 11 is 5.58. The number of benzene rings is 1. The lowest BCUT2D eigenvalue weighted by Gasteiger charge is -2.26. The zero-order valence-corrected chi connectivity index (χ0v) is 13.5. The largest absolute Gasteiger partial charge is 0.459 e. The Morgan fingerprint density at radius 3 is 2.57 bits per heavy atom. The molecule has 1 saturated carbocycles. The first-order valence-electron chi connectivity index (χ1n) is 7.49. The van der Waals surface area contributed by atoms with E-state index in [1.165, 1.54) is 18.2 Å². The lowest BCUT2D eigenvalue weighted by Crippen LogP contribution is -2.29. The van der Waals surface area contributed by atoms with Crippen LogP contribution >= 0.6 is 11.6 Å². The molecule has 0 amide bonds. The molecule has 0 aromatic heterocycles. The Balaban J connectivity index is 1.83. The van der Waals surface area contributed by atoms with Gasteiger partial charge in [-0.25, -0.2) is 9.18 Å². The van der Waals surface area contributed by atoms with Crippen LogP contribution in [0.5, 0.6) is 5.75 Å². The van der Waals surface area contributed by atoms with Crippen LogP contribution < -0.4 is 4.74 Å². The second-order valence-electron chi connectivity index (χ2n) is 5.41. The Morgan fingerprint density at radius 2 is 1.96 bits per heavy atom. The number of rotatable bonds is 4. The highest BCUT2D eigenvalue weighted by Gasteiger charge is 2.29. The van der Waals surface area contributed by atoms with E-state index in [-0.39, 0.29) is 28.8 Å². The van der Waals surface area contributed by atoms with E-state index in [0.717, 1.165) is 6.07 Å². The average molecular weight is 341 g/mol. The van der Waals surface area contributed by atoms with Gasteiger partial charge < -0.3 is 9.47 Å². The third-order valence-corrected chi connectivity index (χ3v) is 4.01. The Kier molecular flexibility index (Phi) is 6.16. The molecule has 0 spiro atoms. The normalized spacial score (nSPS) is 21.2. The van der Waals surface area contributed by atoms with Gasteiger partial charge in [-0.1, -0.05) is 17.7 Å². The minimum Gasteiger partial charge on any atom is -0.459 e. The lowest BCUT2D eigenvalue weighted by molar-refractivity contribution is -0.147. The van der Waals surface area contributed by atoms with E-state index >= 15 is 0 Å². The third-order valence-electron chi connectivity index (χ3n) is 3.70. The lowest BCUT2D eigenvalue weighted by atomic mass is 9.87. The minimum atomic E-state index is -0.628. The summed E-state index contributed by atoms with van der Waals surface area (Å²) in [6.07, 6.45) is 5.18. The molecule has 23 heavy (non-hydrogen) atoms. The molecule has 0 heterocycles. The van der Waals surface area contributed by atoms with Crippen molar-refractivity contribution in [2.75, 3.05) is 0 Å². The van der Waals surface area contributed by atoms with Gasteiger partial charge in [-0.3, -0.25) is 4.79 Å². The summed E-state index contributed by atoms with van der Waals surface area (Å²) in [7, 11) is 0. The third kappa shape index (κ3) is 5.06. The van der Waals surface area contributed by atoms with Crippen LogP contribution in [0.2, 0.25) is 5.02 Å².